The fourth-order valence-corrected chi connectivity index (χ4v) is 3.58. The first kappa shape index (κ1) is 19.5. The summed E-state index contributed by atoms with van der Waals surface area (Å²) in [6.45, 7) is 4.00. The second-order valence-electron chi connectivity index (χ2n) is 7.25. The lowest BCUT2D eigenvalue weighted by Crippen LogP contribution is -2.13. The number of nitrogens with zero attached hydrogens (tertiary/aromatic N) is 1. The molecule has 0 spiro atoms. The Balaban J connectivity index is 1.81. The maximum Gasteiger partial charge on any atom is 0.257 e. The molecule has 0 aliphatic carbocycles. The molecule has 0 radical (unpaired) electrons. The van der Waals surface area contributed by atoms with Crippen LogP contribution in [0.2, 0.25) is 0 Å². The molecule has 4 aromatic rings. The zero-order valence-corrected chi connectivity index (χ0v) is 17.3. The maximum absolute atomic E-state index is 13.1. The Bertz CT molecular complexity index is 1180. The largest absolute Gasteiger partial charge is 0.497 e. The highest BCUT2D eigenvalue weighted by Crippen LogP contribution is 2.31. The number of carbonyl (C=O) groups excluding carboxylic acids is 1. The van der Waals surface area contributed by atoms with Gasteiger partial charge < -0.3 is 14.6 Å². The maximum atomic E-state index is 13.1. The van der Waals surface area contributed by atoms with E-state index in [0.717, 1.165) is 39.6 Å². The van der Waals surface area contributed by atoms with Gasteiger partial charge in [0.15, 0.2) is 0 Å². The van der Waals surface area contributed by atoms with Crippen LogP contribution in [-0.2, 0) is 0 Å². The minimum absolute atomic E-state index is 0.129. The Hall–Kier alpha value is -3.79. The van der Waals surface area contributed by atoms with Gasteiger partial charge in [0.1, 0.15) is 5.75 Å². The van der Waals surface area contributed by atoms with E-state index < -0.39 is 0 Å². The van der Waals surface area contributed by atoms with E-state index >= 15 is 0 Å². The van der Waals surface area contributed by atoms with E-state index in [2.05, 4.69) is 9.88 Å². The van der Waals surface area contributed by atoms with Gasteiger partial charge in [-0.15, -0.1) is 0 Å². The first-order chi connectivity index (χ1) is 14.6. The summed E-state index contributed by atoms with van der Waals surface area (Å²) in [7, 11) is 1.65. The van der Waals surface area contributed by atoms with Crippen LogP contribution in [-0.4, -0.2) is 17.6 Å². The monoisotopic (exact) mass is 396 g/mol. The summed E-state index contributed by atoms with van der Waals surface area (Å²) in [5, 5.41) is 3.02. The highest BCUT2D eigenvalue weighted by Gasteiger charge is 2.20. The van der Waals surface area contributed by atoms with Crippen molar-refractivity contribution in [3.05, 3.63) is 102 Å². The Morgan fingerprint density at radius 2 is 1.60 bits per heavy atom. The van der Waals surface area contributed by atoms with Gasteiger partial charge in [0.05, 0.1) is 18.4 Å². The van der Waals surface area contributed by atoms with Gasteiger partial charge in [0.2, 0.25) is 0 Å². The van der Waals surface area contributed by atoms with E-state index in [1.807, 2.05) is 98.8 Å². The van der Waals surface area contributed by atoms with Crippen LogP contribution in [0.3, 0.4) is 0 Å². The third-order valence-corrected chi connectivity index (χ3v) is 5.18. The molecule has 0 saturated carbocycles. The minimum atomic E-state index is -0.129. The molecule has 0 atom stereocenters. The van der Waals surface area contributed by atoms with Gasteiger partial charge in [0.25, 0.3) is 5.91 Å². The average Bonchev–Trinajstić information content (AvgIpc) is 3.13. The molecule has 0 aliphatic rings. The summed E-state index contributed by atoms with van der Waals surface area (Å²) >= 11 is 0. The van der Waals surface area contributed by atoms with Crippen molar-refractivity contribution in [1.29, 1.82) is 0 Å². The molecule has 30 heavy (non-hydrogen) atoms. The third-order valence-electron chi connectivity index (χ3n) is 5.18. The van der Waals surface area contributed by atoms with E-state index in [-0.39, 0.29) is 5.91 Å². The normalized spacial score (nSPS) is 10.6. The standard InChI is InChI=1S/C26H24N2O2/c1-18-12-14-21(15-13-18)27-26(29)24-17-25(20-8-7-11-23(16-20)30-3)28(19(24)2)22-9-5-4-6-10-22/h4-17H,1-3H3,(H,27,29). The molecule has 0 fully saturated rings. The van der Waals surface area contributed by atoms with E-state index in [1.165, 1.54) is 0 Å². The lowest BCUT2D eigenvalue weighted by atomic mass is 10.1. The number of hydrogen-bond donors (Lipinski definition) is 1. The number of benzene rings is 3. The number of amides is 1. The molecule has 1 aromatic heterocycles. The van der Waals surface area contributed by atoms with Crippen molar-refractivity contribution in [2.45, 2.75) is 13.8 Å². The quantitative estimate of drug-likeness (QED) is 0.448. The van der Waals surface area contributed by atoms with Crippen molar-refractivity contribution in [3.63, 3.8) is 0 Å². The van der Waals surface area contributed by atoms with E-state index in [4.69, 9.17) is 4.74 Å². The zero-order chi connectivity index (χ0) is 21.1. The molecule has 0 unspecified atom stereocenters. The predicted molar refractivity (Wildman–Crippen MR) is 122 cm³/mol. The Labute approximate surface area is 176 Å². The molecule has 0 aliphatic heterocycles. The molecular formula is C26H24N2O2. The van der Waals surface area contributed by atoms with Gasteiger partial charge in [-0.25, -0.2) is 0 Å². The number of hydrogen-bond acceptors (Lipinski definition) is 2. The highest BCUT2D eigenvalue weighted by molar-refractivity contribution is 6.06. The number of nitrogens with one attached hydrogen (secondary N) is 1. The first-order valence-corrected chi connectivity index (χ1v) is 9.87. The van der Waals surface area contributed by atoms with Gasteiger partial charge in [-0.2, -0.15) is 0 Å². The number of anilines is 1. The van der Waals surface area contributed by atoms with Gasteiger partial charge >= 0.3 is 0 Å². The number of rotatable bonds is 5. The van der Waals surface area contributed by atoms with Crippen LogP contribution in [0.15, 0.2) is 84.9 Å². The van der Waals surface area contributed by atoms with Crippen molar-refractivity contribution >= 4 is 11.6 Å². The third kappa shape index (κ3) is 3.85. The molecule has 4 heteroatoms. The summed E-state index contributed by atoms with van der Waals surface area (Å²) in [6, 6.07) is 27.7. The molecule has 0 bridgehead atoms. The first-order valence-electron chi connectivity index (χ1n) is 9.87. The van der Waals surface area contributed by atoms with Gasteiger partial charge in [-0.3, -0.25) is 4.79 Å². The Kier molecular flexibility index (Phi) is 5.40. The van der Waals surface area contributed by atoms with Gasteiger partial charge in [0, 0.05) is 22.6 Å². The molecule has 0 saturated heterocycles. The number of aromatic nitrogens is 1. The van der Waals surface area contributed by atoms with Gasteiger partial charge in [-0.1, -0.05) is 48.0 Å². The Morgan fingerprint density at radius 1 is 0.867 bits per heavy atom. The van der Waals surface area contributed by atoms with Crippen LogP contribution in [0.1, 0.15) is 21.6 Å². The molecule has 1 N–H and O–H groups in total. The smallest absolute Gasteiger partial charge is 0.257 e. The summed E-state index contributed by atoms with van der Waals surface area (Å²) in [5.41, 5.74) is 6.37. The summed E-state index contributed by atoms with van der Waals surface area (Å²) in [5.74, 6) is 0.645. The second-order valence-corrected chi connectivity index (χ2v) is 7.25. The predicted octanol–water partition coefficient (Wildman–Crippen LogP) is 6.02. The minimum Gasteiger partial charge on any atom is -0.497 e. The molecule has 1 amide bonds. The van der Waals surface area contributed by atoms with Crippen molar-refractivity contribution < 1.29 is 9.53 Å². The van der Waals surface area contributed by atoms with Crippen LogP contribution in [0.4, 0.5) is 5.69 Å². The average molecular weight is 396 g/mol. The summed E-state index contributed by atoms with van der Waals surface area (Å²) in [4.78, 5) is 13.1. The number of aryl methyl sites for hydroxylation is 1. The van der Waals surface area contributed by atoms with E-state index in [9.17, 15) is 4.79 Å². The zero-order valence-electron chi connectivity index (χ0n) is 17.3. The lowest BCUT2D eigenvalue weighted by molar-refractivity contribution is 0.102. The fourth-order valence-electron chi connectivity index (χ4n) is 3.58. The number of ether oxygens (including phenoxy) is 1. The van der Waals surface area contributed by atoms with Crippen molar-refractivity contribution in [3.8, 4) is 22.7 Å². The van der Waals surface area contributed by atoms with Crippen molar-refractivity contribution in [2.24, 2.45) is 0 Å². The SMILES string of the molecule is COc1cccc(-c2cc(C(=O)Nc3ccc(C)cc3)c(C)n2-c2ccccc2)c1. The van der Waals surface area contributed by atoms with Crippen LogP contribution in [0, 0.1) is 13.8 Å². The molecular weight excluding hydrogens is 372 g/mol. The summed E-state index contributed by atoms with van der Waals surface area (Å²) < 4.78 is 7.52. The molecule has 3 aromatic carbocycles. The van der Waals surface area contributed by atoms with Crippen LogP contribution >= 0.6 is 0 Å². The van der Waals surface area contributed by atoms with E-state index in [1.54, 1.807) is 7.11 Å². The van der Waals surface area contributed by atoms with E-state index in [0.29, 0.717) is 5.56 Å². The molecule has 4 rings (SSSR count). The molecule has 1 heterocycles. The summed E-state index contributed by atoms with van der Waals surface area (Å²) in [6.07, 6.45) is 0. The van der Waals surface area contributed by atoms with Crippen LogP contribution in [0.5, 0.6) is 5.75 Å². The second kappa shape index (κ2) is 8.29. The fraction of sp³-hybridized carbons (Fsp3) is 0.115. The lowest BCUT2D eigenvalue weighted by Gasteiger charge is -2.13. The van der Waals surface area contributed by atoms with Crippen LogP contribution < -0.4 is 10.1 Å². The number of para-hydroxylation sites is 1. The van der Waals surface area contributed by atoms with Crippen molar-refractivity contribution in [2.75, 3.05) is 12.4 Å². The molecule has 150 valence electrons. The van der Waals surface area contributed by atoms with Gasteiger partial charge in [-0.05, 0) is 56.3 Å². The number of carbonyl (C=O) groups is 1. The number of methoxy groups -OCH3 is 1. The Morgan fingerprint density at radius 3 is 2.30 bits per heavy atom. The topological polar surface area (TPSA) is 43.3 Å². The molecule has 4 nitrogen and oxygen atoms in total. The highest BCUT2D eigenvalue weighted by atomic mass is 16.5. The van der Waals surface area contributed by atoms with Crippen molar-refractivity contribution in [1.82, 2.24) is 4.57 Å². The van der Waals surface area contributed by atoms with Crippen LogP contribution in [0.25, 0.3) is 16.9 Å².